The van der Waals surface area contributed by atoms with Gasteiger partial charge in [-0.3, -0.25) is 9.79 Å². The minimum Gasteiger partial charge on any atom is -0.481 e. The number of rotatable bonds is 2. The van der Waals surface area contributed by atoms with Crippen LogP contribution in [0.15, 0.2) is 35.3 Å². The Hall–Kier alpha value is -1.84. The van der Waals surface area contributed by atoms with Crippen molar-refractivity contribution in [3.05, 3.63) is 35.9 Å². The van der Waals surface area contributed by atoms with Crippen molar-refractivity contribution in [2.24, 2.45) is 16.6 Å². The van der Waals surface area contributed by atoms with Crippen LogP contribution >= 0.6 is 0 Å². The normalized spacial score (nSPS) is 24.9. The molecule has 0 bridgehead atoms. The zero-order chi connectivity index (χ0) is 10.8. The predicted molar refractivity (Wildman–Crippen MR) is 56.8 cm³/mol. The fourth-order valence-corrected chi connectivity index (χ4v) is 1.91. The Morgan fingerprint density at radius 3 is 2.67 bits per heavy atom. The van der Waals surface area contributed by atoms with Crippen LogP contribution in [0.5, 0.6) is 0 Å². The van der Waals surface area contributed by atoms with Crippen molar-refractivity contribution in [2.75, 3.05) is 6.54 Å². The zero-order valence-corrected chi connectivity index (χ0v) is 8.13. The van der Waals surface area contributed by atoms with Gasteiger partial charge in [0.05, 0.1) is 0 Å². The molecule has 0 spiro atoms. The maximum Gasteiger partial charge on any atom is 0.314 e. The molecule has 0 saturated heterocycles. The van der Waals surface area contributed by atoms with Gasteiger partial charge < -0.3 is 10.8 Å². The number of hydrogen-bond acceptors (Lipinski definition) is 3. The molecule has 1 aliphatic rings. The number of carboxylic acids is 1. The van der Waals surface area contributed by atoms with E-state index in [1.54, 1.807) is 0 Å². The van der Waals surface area contributed by atoms with Crippen LogP contribution in [0.1, 0.15) is 11.5 Å². The van der Waals surface area contributed by atoms with Crippen molar-refractivity contribution in [1.82, 2.24) is 0 Å². The molecule has 15 heavy (non-hydrogen) atoms. The minimum atomic E-state index is -0.900. The van der Waals surface area contributed by atoms with Crippen LogP contribution in [-0.2, 0) is 4.79 Å². The van der Waals surface area contributed by atoms with E-state index in [1.807, 2.05) is 30.3 Å². The summed E-state index contributed by atoms with van der Waals surface area (Å²) in [5, 5.41) is 9.05. The van der Waals surface area contributed by atoms with Crippen LogP contribution in [0.4, 0.5) is 0 Å². The Morgan fingerprint density at radius 2 is 2.07 bits per heavy atom. The van der Waals surface area contributed by atoms with Crippen molar-refractivity contribution in [3.63, 3.8) is 0 Å². The number of amidine groups is 1. The van der Waals surface area contributed by atoms with Crippen LogP contribution in [-0.4, -0.2) is 23.5 Å². The van der Waals surface area contributed by atoms with Gasteiger partial charge in [-0.15, -0.1) is 0 Å². The number of carboxylic acid groups (broad SMARTS) is 1. The third-order valence-corrected chi connectivity index (χ3v) is 2.69. The third kappa shape index (κ3) is 1.70. The molecular formula is C11H12N2O2. The first-order valence-electron chi connectivity index (χ1n) is 4.77. The van der Waals surface area contributed by atoms with E-state index in [4.69, 9.17) is 10.8 Å². The summed E-state index contributed by atoms with van der Waals surface area (Å²) >= 11 is 0. The van der Waals surface area contributed by atoms with E-state index in [0.29, 0.717) is 6.54 Å². The fraction of sp³-hybridized carbons (Fsp3) is 0.273. The molecule has 1 aromatic carbocycles. The highest BCUT2D eigenvalue weighted by Gasteiger charge is 2.36. The Labute approximate surface area is 87.4 Å². The smallest absolute Gasteiger partial charge is 0.314 e. The molecule has 4 nitrogen and oxygen atoms in total. The summed E-state index contributed by atoms with van der Waals surface area (Å²) in [5.74, 6) is -1.46. The summed E-state index contributed by atoms with van der Waals surface area (Å²) in [4.78, 5) is 15.0. The van der Waals surface area contributed by atoms with E-state index in [1.165, 1.54) is 0 Å². The molecule has 1 aliphatic heterocycles. The second kappa shape index (κ2) is 3.73. The summed E-state index contributed by atoms with van der Waals surface area (Å²) < 4.78 is 0. The molecule has 1 heterocycles. The van der Waals surface area contributed by atoms with Crippen LogP contribution in [0.2, 0.25) is 0 Å². The lowest BCUT2D eigenvalue weighted by molar-refractivity contribution is -0.139. The van der Waals surface area contributed by atoms with Gasteiger partial charge in [-0.25, -0.2) is 0 Å². The Kier molecular flexibility index (Phi) is 2.41. The van der Waals surface area contributed by atoms with Crippen LogP contribution in [0.25, 0.3) is 0 Å². The highest BCUT2D eigenvalue weighted by atomic mass is 16.4. The van der Waals surface area contributed by atoms with Gasteiger partial charge in [0.1, 0.15) is 11.8 Å². The fourth-order valence-electron chi connectivity index (χ4n) is 1.91. The lowest BCUT2D eigenvalue weighted by Gasteiger charge is -2.15. The molecule has 3 N–H and O–H groups in total. The molecule has 0 aliphatic carbocycles. The molecule has 0 radical (unpaired) electrons. The molecule has 0 fully saturated rings. The number of hydrogen-bond donors (Lipinski definition) is 2. The second-order valence-corrected chi connectivity index (χ2v) is 3.60. The number of benzene rings is 1. The predicted octanol–water partition coefficient (Wildman–Crippen LogP) is 0.842. The van der Waals surface area contributed by atoms with E-state index in [9.17, 15) is 4.79 Å². The molecule has 2 atom stereocenters. The average Bonchev–Trinajstić information content (AvgIpc) is 2.61. The number of aliphatic carboxylic acids is 1. The van der Waals surface area contributed by atoms with Gasteiger partial charge in [-0.05, 0) is 5.56 Å². The lowest BCUT2D eigenvalue weighted by atomic mass is 9.87. The molecule has 0 aromatic heterocycles. The van der Waals surface area contributed by atoms with Crippen molar-refractivity contribution < 1.29 is 9.90 Å². The van der Waals surface area contributed by atoms with Crippen molar-refractivity contribution in [3.8, 4) is 0 Å². The van der Waals surface area contributed by atoms with Crippen LogP contribution in [0, 0.1) is 5.92 Å². The quantitative estimate of drug-likeness (QED) is 0.749. The Balaban J connectivity index is 2.29. The minimum absolute atomic E-state index is 0.122. The van der Waals surface area contributed by atoms with Gasteiger partial charge in [0.2, 0.25) is 0 Å². The standard InChI is InChI=1S/C11H12N2O2/c12-10-9(11(14)15)8(6-13-10)7-4-2-1-3-5-7/h1-5,8-9H,6H2,(H2,12,13)(H,14,15). The van der Waals surface area contributed by atoms with Gasteiger partial charge in [0.15, 0.2) is 0 Å². The van der Waals surface area contributed by atoms with E-state index in [2.05, 4.69) is 4.99 Å². The first kappa shape index (κ1) is 9.71. The van der Waals surface area contributed by atoms with Crippen molar-refractivity contribution in [2.45, 2.75) is 5.92 Å². The van der Waals surface area contributed by atoms with Gasteiger partial charge in [-0.1, -0.05) is 30.3 Å². The second-order valence-electron chi connectivity index (χ2n) is 3.60. The zero-order valence-electron chi connectivity index (χ0n) is 8.13. The van der Waals surface area contributed by atoms with E-state index in [0.717, 1.165) is 5.56 Å². The number of nitrogens with zero attached hydrogens (tertiary/aromatic N) is 1. The number of nitrogens with two attached hydrogens (primary N) is 1. The summed E-state index contributed by atoms with van der Waals surface area (Å²) in [6, 6.07) is 9.51. The maximum atomic E-state index is 11.0. The molecule has 0 saturated carbocycles. The first-order valence-corrected chi connectivity index (χ1v) is 4.77. The van der Waals surface area contributed by atoms with Crippen LogP contribution < -0.4 is 5.73 Å². The Bertz CT molecular complexity index is 400. The topological polar surface area (TPSA) is 75.7 Å². The van der Waals surface area contributed by atoms with E-state index < -0.39 is 11.9 Å². The van der Waals surface area contributed by atoms with Crippen LogP contribution in [0.3, 0.4) is 0 Å². The summed E-state index contributed by atoms with van der Waals surface area (Å²) in [6.07, 6.45) is 0. The average molecular weight is 204 g/mol. The van der Waals surface area contributed by atoms with Gasteiger partial charge in [0, 0.05) is 12.5 Å². The van der Waals surface area contributed by atoms with Crippen molar-refractivity contribution in [1.29, 1.82) is 0 Å². The lowest BCUT2D eigenvalue weighted by Crippen LogP contribution is -2.31. The molecule has 4 heteroatoms. The Morgan fingerprint density at radius 1 is 1.40 bits per heavy atom. The van der Waals surface area contributed by atoms with Gasteiger partial charge in [-0.2, -0.15) is 0 Å². The summed E-state index contributed by atoms with van der Waals surface area (Å²) in [7, 11) is 0. The van der Waals surface area contributed by atoms with E-state index >= 15 is 0 Å². The summed E-state index contributed by atoms with van der Waals surface area (Å²) in [5.41, 5.74) is 6.56. The maximum absolute atomic E-state index is 11.0. The number of aliphatic imine (C=N–C) groups is 1. The van der Waals surface area contributed by atoms with E-state index in [-0.39, 0.29) is 11.8 Å². The largest absolute Gasteiger partial charge is 0.481 e. The SMILES string of the molecule is NC1=NCC(c2ccccc2)C1C(=O)O. The molecule has 2 rings (SSSR count). The molecule has 0 amide bonds. The molecular weight excluding hydrogens is 192 g/mol. The van der Waals surface area contributed by atoms with Gasteiger partial charge in [0.25, 0.3) is 0 Å². The van der Waals surface area contributed by atoms with Gasteiger partial charge >= 0.3 is 5.97 Å². The first-order chi connectivity index (χ1) is 7.20. The molecule has 1 aromatic rings. The monoisotopic (exact) mass is 204 g/mol. The molecule has 2 unspecified atom stereocenters. The molecule has 78 valence electrons. The van der Waals surface area contributed by atoms with Crippen molar-refractivity contribution >= 4 is 11.8 Å². The third-order valence-electron chi connectivity index (χ3n) is 2.69. The highest BCUT2D eigenvalue weighted by molar-refractivity contribution is 6.01. The number of carbonyl (C=O) groups is 1. The highest BCUT2D eigenvalue weighted by Crippen LogP contribution is 2.30. The summed E-state index contributed by atoms with van der Waals surface area (Å²) in [6.45, 7) is 0.465.